The van der Waals surface area contributed by atoms with E-state index in [9.17, 15) is 0 Å². The van der Waals surface area contributed by atoms with Gasteiger partial charge in [-0.05, 0) is 31.7 Å². The van der Waals surface area contributed by atoms with Crippen LogP contribution in [-0.4, -0.2) is 37.2 Å². The van der Waals surface area contributed by atoms with Crippen LogP contribution in [-0.2, 0) is 0 Å². The third-order valence-corrected chi connectivity index (χ3v) is 3.19. The molecule has 1 aliphatic rings. The van der Waals surface area contributed by atoms with Crippen LogP contribution in [0, 0.1) is 0 Å². The zero-order valence-electron chi connectivity index (χ0n) is 14.3. The second-order valence-corrected chi connectivity index (χ2v) is 4.70. The Balaban J connectivity index is 0.00000211. The van der Waals surface area contributed by atoms with E-state index in [2.05, 4.69) is 40.8 Å². The third-order valence-electron chi connectivity index (χ3n) is 3.19. The van der Waals surface area contributed by atoms with Crippen LogP contribution in [0.15, 0.2) is 61.9 Å². The second-order valence-electron chi connectivity index (χ2n) is 4.70. The molecule has 0 aromatic rings. The Hall–Kier alpha value is -1.58. The van der Waals surface area contributed by atoms with Crippen LogP contribution in [0.25, 0.3) is 0 Å². The van der Waals surface area contributed by atoms with E-state index in [1.54, 1.807) is 12.2 Å². The Labute approximate surface area is 137 Å². The largest absolute Gasteiger partial charge is 0.375 e. The summed E-state index contributed by atoms with van der Waals surface area (Å²) in [5, 5.41) is 6.90. The summed E-state index contributed by atoms with van der Waals surface area (Å²) in [7, 11) is 0. The maximum atomic E-state index is 3.70. The molecule has 1 heterocycles. The molecule has 3 heteroatoms. The monoisotopic (exact) mass is 303 g/mol. The van der Waals surface area contributed by atoms with Gasteiger partial charge in [0.15, 0.2) is 0 Å². The first kappa shape index (κ1) is 20.4. The maximum absolute atomic E-state index is 3.70. The van der Waals surface area contributed by atoms with Gasteiger partial charge < -0.3 is 10.6 Å². The highest BCUT2D eigenvalue weighted by atomic mass is 15.3. The van der Waals surface area contributed by atoms with Crippen molar-refractivity contribution in [3.8, 4) is 0 Å². The molecule has 0 aliphatic carbocycles. The van der Waals surface area contributed by atoms with Gasteiger partial charge in [-0.3, -0.25) is 4.90 Å². The number of hydrogen-bond acceptors (Lipinski definition) is 3. The molecule has 0 amide bonds. The Morgan fingerprint density at radius 2 is 1.82 bits per heavy atom. The zero-order chi connectivity index (χ0) is 16.5. The van der Waals surface area contributed by atoms with Crippen molar-refractivity contribution in [3.63, 3.8) is 0 Å². The van der Waals surface area contributed by atoms with Crippen molar-refractivity contribution in [2.45, 2.75) is 32.9 Å². The van der Waals surface area contributed by atoms with Crippen molar-refractivity contribution < 1.29 is 0 Å². The highest BCUT2D eigenvalue weighted by Crippen LogP contribution is 2.06. The van der Waals surface area contributed by atoms with E-state index in [-0.39, 0.29) is 0 Å². The summed E-state index contributed by atoms with van der Waals surface area (Å²) in [6, 6.07) is 0. The van der Waals surface area contributed by atoms with Gasteiger partial charge >= 0.3 is 0 Å². The molecule has 0 aromatic heterocycles. The van der Waals surface area contributed by atoms with Crippen molar-refractivity contribution in [2.75, 3.05) is 26.2 Å². The molecule has 1 aliphatic heterocycles. The number of rotatable bonds is 8. The lowest BCUT2D eigenvalue weighted by molar-refractivity contribution is 0.191. The zero-order valence-corrected chi connectivity index (χ0v) is 14.3. The van der Waals surface area contributed by atoms with E-state index in [4.69, 9.17) is 0 Å². The average molecular weight is 303 g/mol. The SMILES string of the molecule is C=C/C=C\C=C/CC(N/C=C\C=C)N1CCCNCC1.CC. The van der Waals surface area contributed by atoms with Gasteiger partial charge in [0.25, 0.3) is 0 Å². The van der Waals surface area contributed by atoms with E-state index < -0.39 is 0 Å². The normalized spacial score (nSPS) is 17.9. The van der Waals surface area contributed by atoms with E-state index in [0.29, 0.717) is 6.17 Å². The van der Waals surface area contributed by atoms with Crippen LogP contribution in [0.3, 0.4) is 0 Å². The molecular formula is C19H33N3. The molecule has 1 saturated heterocycles. The summed E-state index contributed by atoms with van der Waals surface area (Å²) < 4.78 is 0. The smallest absolute Gasteiger partial charge is 0.0824 e. The molecule has 1 unspecified atom stereocenters. The average Bonchev–Trinajstić information content (AvgIpc) is 2.84. The highest BCUT2D eigenvalue weighted by molar-refractivity contribution is 5.09. The molecule has 0 spiro atoms. The molecule has 3 nitrogen and oxygen atoms in total. The number of nitrogens with one attached hydrogen (secondary N) is 2. The molecule has 1 fully saturated rings. The van der Waals surface area contributed by atoms with Crippen LogP contribution in [0.2, 0.25) is 0 Å². The molecular weight excluding hydrogens is 270 g/mol. The topological polar surface area (TPSA) is 27.3 Å². The number of hydrogen-bond donors (Lipinski definition) is 2. The molecule has 0 radical (unpaired) electrons. The lowest BCUT2D eigenvalue weighted by atomic mass is 10.2. The van der Waals surface area contributed by atoms with E-state index in [1.807, 2.05) is 38.3 Å². The Kier molecular flexibility index (Phi) is 14.7. The van der Waals surface area contributed by atoms with E-state index in [0.717, 1.165) is 32.6 Å². The molecule has 0 aromatic carbocycles. The van der Waals surface area contributed by atoms with Gasteiger partial charge in [-0.25, -0.2) is 0 Å². The van der Waals surface area contributed by atoms with Crippen molar-refractivity contribution in [3.05, 3.63) is 61.9 Å². The van der Waals surface area contributed by atoms with Crippen molar-refractivity contribution in [1.82, 2.24) is 15.5 Å². The molecule has 1 rings (SSSR count). The van der Waals surface area contributed by atoms with Crippen LogP contribution in [0.4, 0.5) is 0 Å². The van der Waals surface area contributed by atoms with Crippen LogP contribution in [0.5, 0.6) is 0 Å². The van der Waals surface area contributed by atoms with Crippen LogP contribution >= 0.6 is 0 Å². The van der Waals surface area contributed by atoms with Gasteiger partial charge in [0.1, 0.15) is 0 Å². The van der Waals surface area contributed by atoms with Crippen molar-refractivity contribution >= 4 is 0 Å². The molecule has 22 heavy (non-hydrogen) atoms. The standard InChI is InChI=1S/C17H27N3.C2H6/c1-3-5-7-8-9-11-17(19-13-6-4-2)20-15-10-12-18-14-16-20;1-2/h3-9,13,17-19H,1-2,10-12,14-16H2;1-2H3/b7-5-,9-8-,13-6-;. The van der Waals surface area contributed by atoms with Crippen molar-refractivity contribution in [2.24, 2.45) is 0 Å². The summed E-state index contributed by atoms with van der Waals surface area (Å²) >= 11 is 0. The highest BCUT2D eigenvalue weighted by Gasteiger charge is 2.16. The molecule has 1 atom stereocenters. The van der Waals surface area contributed by atoms with E-state index in [1.165, 1.54) is 6.42 Å². The Bertz CT molecular complexity index is 348. The van der Waals surface area contributed by atoms with Crippen molar-refractivity contribution in [1.29, 1.82) is 0 Å². The minimum absolute atomic E-state index is 0.333. The number of allylic oxidation sites excluding steroid dienone is 6. The first-order valence-electron chi connectivity index (χ1n) is 8.31. The lowest BCUT2D eigenvalue weighted by Gasteiger charge is -2.29. The third kappa shape index (κ3) is 10.2. The molecule has 2 N–H and O–H groups in total. The fourth-order valence-corrected chi connectivity index (χ4v) is 2.16. The summed E-state index contributed by atoms with van der Waals surface area (Å²) in [6.07, 6.45) is 18.2. The quantitative estimate of drug-likeness (QED) is 0.671. The van der Waals surface area contributed by atoms with Gasteiger partial charge in [0.05, 0.1) is 6.17 Å². The summed E-state index contributed by atoms with van der Waals surface area (Å²) in [4.78, 5) is 2.50. The Morgan fingerprint density at radius 1 is 1.05 bits per heavy atom. The second kappa shape index (κ2) is 15.8. The summed E-state index contributed by atoms with van der Waals surface area (Å²) in [5.41, 5.74) is 0. The maximum Gasteiger partial charge on any atom is 0.0824 e. The van der Waals surface area contributed by atoms with Gasteiger partial charge in [-0.1, -0.05) is 63.5 Å². The molecule has 124 valence electrons. The minimum Gasteiger partial charge on any atom is -0.375 e. The Morgan fingerprint density at radius 3 is 2.55 bits per heavy atom. The van der Waals surface area contributed by atoms with Crippen LogP contribution < -0.4 is 10.6 Å². The van der Waals surface area contributed by atoms with Gasteiger partial charge in [0, 0.05) is 19.6 Å². The van der Waals surface area contributed by atoms with E-state index >= 15 is 0 Å². The predicted molar refractivity (Wildman–Crippen MR) is 99.8 cm³/mol. The first-order valence-corrected chi connectivity index (χ1v) is 8.31. The summed E-state index contributed by atoms with van der Waals surface area (Å²) in [5.74, 6) is 0. The molecule has 0 saturated carbocycles. The minimum atomic E-state index is 0.333. The van der Waals surface area contributed by atoms with Gasteiger partial charge in [0.2, 0.25) is 0 Å². The fraction of sp³-hybridized carbons (Fsp3) is 0.474. The van der Waals surface area contributed by atoms with Gasteiger partial charge in [-0.2, -0.15) is 0 Å². The lowest BCUT2D eigenvalue weighted by Crippen LogP contribution is -2.45. The summed E-state index contributed by atoms with van der Waals surface area (Å²) in [6.45, 7) is 15.7. The van der Waals surface area contributed by atoms with Gasteiger partial charge in [-0.15, -0.1) is 0 Å². The number of nitrogens with zero attached hydrogens (tertiary/aromatic N) is 1. The molecule has 0 bridgehead atoms. The van der Waals surface area contributed by atoms with Crippen LogP contribution in [0.1, 0.15) is 26.7 Å². The predicted octanol–water partition coefficient (Wildman–Crippen LogP) is 3.61. The fourth-order valence-electron chi connectivity index (χ4n) is 2.16. The first-order chi connectivity index (χ1) is 10.9.